The molecule has 4 atom stereocenters. The predicted octanol–water partition coefficient (Wildman–Crippen LogP) is 4.84. The van der Waals surface area contributed by atoms with Crippen molar-refractivity contribution in [2.24, 2.45) is 11.8 Å². The van der Waals surface area contributed by atoms with Crippen LogP contribution in [-0.2, 0) is 9.59 Å². The van der Waals surface area contributed by atoms with Crippen LogP contribution in [0.25, 0.3) is 0 Å². The number of anilines is 1. The minimum absolute atomic E-state index is 0.146. The molecule has 0 spiro atoms. The Morgan fingerprint density at radius 3 is 1.89 bits per heavy atom. The fourth-order valence-corrected chi connectivity index (χ4v) is 7.04. The maximum absolute atomic E-state index is 13.2. The molecular formula is C17H9Cl6NO3. The number of amides is 2. The van der Waals surface area contributed by atoms with Gasteiger partial charge in [0.15, 0.2) is 10.1 Å². The van der Waals surface area contributed by atoms with Gasteiger partial charge in [0.05, 0.1) is 27.6 Å². The van der Waals surface area contributed by atoms with Gasteiger partial charge in [0.2, 0.25) is 11.8 Å². The van der Waals surface area contributed by atoms with Crippen LogP contribution < -0.4 is 4.90 Å². The third kappa shape index (κ3) is 2.02. The molecule has 0 radical (unpaired) electrons. The van der Waals surface area contributed by atoms with E-state index in [4.69, 9.17) is 69.6 Å². The summed E-state index contributed by atoms with van der Waals surface area (Å²) in [5, 5.41) is -0.292. The minimum atomic E-state index is -1.97. The summed E-state index contributed by atoms with van der Waals surface area (Å²) in [6, 6.07) is 6.10. The summed E-state index contributed by atoms with van der Waals surface area (Å²) < 4.78 is -1.97. The molecule has 0 N–H and O–H groups in total. The van der Waals surface area contributed by atoms with Crippen molar-refractivity contribution in [3.8, 4) is 0 Å². The number of allylic oxidation sites excluding steroid dienone is 2. The van der Waals surface area contributed by atoms with Crippen molar-refractivity contribution >= 4 is 92.9 Å². The predicted molar refractivity (Wildman–Crippen MR) is 106 cm³/mol. The summed E-state index contributed by atoms with van der Waals surface area (Å²) in [7, 11) is 0. The second-order valence-corrected chi connectivity index (χ2v) is 9.98. The van der Waals surface area contributed by atoms with Gasteiger partial charge in [-0.05, 0) is 19.1 Å². The van der Waals surface area contributed by atoms with E-state index in [1.165, 1.54) is 19.1 Å². The minimum Gasteiger partial charge on any atom is -0.295 e. The average Bonchev–Trinajstić information content (AvgIpc) is 2.99. The van der Waals surface area contributed by atoms with Crippen molar-refractivity contribution in [1.29, 1.82) is 0 Å². The van der Waals surface area contributed by atoms with Gasteiger partial charge in [0, 0.05) is 5.56 Å². The van der Waals surface area contributed by atoms with Crippen LogP contribution in [0.5, 0.6) is 0 Å². The van der Waals surface area contributed by atoms with Gasteiger partial charge in [0.25, 0.3) is 0 Å². The molecule has 142 valence electrons. The van der Waals surface area contributed by atoms with Crippen molar-refractivity contribution in [2.75, 3.05) is 4.90 Å². The Morgan fingerprint density at radius 2 is 1.44 bits per heavy atom. The Kier molecular flexibility index (Phi) is 4.24. The largest absolute Gasteiger partial charge is 0.295 e. The molecule has 4 nitrogen and oxygen atoms in total. The lowest BCUT2D eigenvalue weighted by Crippen LogP contribution is -2.50. The molecule has 1 aromatic carbocycles. The topological polar surface area (TPSA) is 54.5 Å². The van der Waals surface area contributed by atoms with E-state index in [2.05, 4.69) is 0 Å². The Balaban J connectivity index is 1.89. The summed E-state index contributed by atoms with van der Waals surface area (Å²) in [4.78, 5) is 35.3. The van der Waals surface area contributed by atoms with Crippen LogP contribution >= 0.6 is 69.6 Å². The first-order chi connectivity index (χ1) is 12.4. The monoisotopic (exact) mass is 485 g/mol. The van der Waals surface area contributed by atoms with E-state index < -0.39 is 37.7 Å². The maximum Gasteiger partial charge on any atom is 0.240 e. The van der Waals surface area contributed by atoms with Crippen LogP contribution in [0.4, 0.5) is 5.69 Å². The number of nitrogens with zero attached hydrogens (tertiary/aromatic N) is 1. The molecule has 0 aromatic heterocycles. The Morgan fingerprint density at radius 1 is 0.963 bits per heavy atom. The summed E-state index contributed by atoms with van der Waals surface area (Å²) in [6.07, 6.45) is 0. The molecule has 3 aliphatic rings. The van der Waals surface area contributed by atoms with Gasteiger partial charge in [-0.25, -0.2) is 4.90 Å². The summed E-state index contributed by atoms with van der Waals surface area (Å²) in [5.74, 6) is -3.93. The fourth-order valence-electron chi connectivity index (χ4n) is 4.11. The second-order valence-electron chi connectivity index (χ2n) is 6.70. The molecule has 2 aliphatic carbocycles. The van der Waals surface area contributed by atoms with E-state index in [-0.39, 0.29) is 21.5 Å². The lowest BCUT2D eigenvalue weighted by atomic mass is 9.84. The van der Waals surface area contributed by atoms with E-state index in [1.807, 2.05) is 0 Å². The molecule has 1 heterocycles. The van der Waals surface area contributed by atoms with Crippen LogP contribution in [-0.4, -0.2) is 31.7 Å². The zero-order valence-electron chi connectivity index (χ0n) is 13.4. The van der Waals surface area contributed by atoms with E-state index in [0.717, 1.165) is 4.90 Å². The zero-order chi connectivity index (χ0) is 20.1. The number of hydrogen-bond donors (Lipinski definition) is 0. The van der Waals surface area contributed by atoms with Crippen molar-refractivity contribution in [3.05, 3.63) is 39.9 Å². The van der Waals surface area contributed by atoms with E-state index in [1.54, 1.807) is 12.1 Å². The van der Waals surface area contributed by atoms with Crippen molar-refractivity contribution in [3.63, 3.8) is 0 Å². The number of rotatable bonds is 2. The molecular weight excluding hydrogens is 479 g/mol. The highest BCUT2D eigenvalue weighted by Crippen LogP contribution is 2.77. The number of alkyl halides is 4. The maximum atomic E-state index is 13.2. The lowest BCUT2D eigenvalue weighted by molar-refractivity contribution is -0.123. The molecule has 4 unspecified atom stereocenters. The molecule has 1 aromatic rings. The molecule has 1 saturated carbocycles. The number of fused-ring (bicyclic) bond motifs is 5. The van der Waals surface area contributed by atoms with Crippen LogP contribution in [0.15, 0.2) is 34.3 Å². The van der Waals surface area contributed by atoms with Crippen molar-refractivity contribution in [2.45, 2.75) is 21.0 Å². The van der Waals surface area contributed by atoms with Gasteiger partial charge in [-0.1, -0.05) is 58.5 Å². The van der Waals surface area contributed by atoms with E-state index >= 15 is 0 Å². The van der Waals surface area contributed by atoms with Gasteiger partial charge in [0.1, 0.15) is 9.75 Å². The smallest absolute Gasteiger partial charge is 0.240 e. The number of ketones is 1. The van der Waals surface area contributed by atoms with Crippen LogP contribution in [0, 0.1) is 11.8 Å². The van der Waals surface area contributed by atoms with Gasteiger partial charge >= 0.3 is 0 Å². The lowest BCUT2D eigenvalue weighted by Gasteiger charge is -2.34. The SMILES string of the molecule is CC(=O)c1cccc(N2C(=O)C3C(C2=O)C2(Cl)C(Cl)=C(Cl)C3(Cl)C2(Cl)Cl)c1. The molecule has 1 saturated heterocycles. The van der Waals surface area contributed by atoms with Crippen LogP contribution in [0.3, 0.4) is 0 Å². The third-order valence-electron chi connectivity index (χ3n) is 5.42. The highest BCUT2D eigenvalue weighted by molar-refractivity contribution is 6.67. The number of Topliss-reactive ketones (excluding diaryl/α,β-unsaturated/α-hetero) is 1. The van der Waals surface area contributed by atoms with Gasteiger partial charge in [-0.15, -0.1) is 23.2 Å². The van der Waals surface area contributed by atoms with Crippen LogP contribution in [0.1, 0.15) is 17.3 Å². The van der Waals surface area contributed by atoms with Gasteiger partial charge in [-0.3, -0.25) is 14.4 Å². The molecule has 1 aliphatic heterocycles. The fraction of sp³-hybridized carbons (Fsp3) is 0.353. The van der Waals surface area contributed by atoms with E-state index in [0.29, 0.717) is 5.56 Å². The Hall–Kier alpha value is -0.490. The number of benzene rings is 1. The molecule has 4 rings (SSSR count). The number of carbonyl (C=O) groups excluding carboxylic acids is 3. The standard InChI is InChI=1S/C17H9Cl6NO3/c1-6(25)7-3-2-4-8(5-7)24-13(26)9-10(14(24)27)16(21)12(19)11(18)15(9,20)17(16,22)23/h2-5,9-10H,1H3. The van der Waals surface area contributed by atoms with Crippen molar-refractivity contribution < 1.29 is 14.4 Å². The first-order valence-corrected chi connectivity index (χ1v) is 9.99. The number of hydrogen-bond acceptors (Lipinski definition) is 3. The first-order valence-electron chi connectivity index (χ1n) is 7.73. The summed E-state index contributed by atoms with van der Waals surface area (Å²) in [5.41, 5.74) is 0.557. The second kappa shape index (κ2) is 5.78. The molecule has 2 amide bonds. The first kappa shape index (κ1) is 19.8. The molecule has 27 heavy (non-hydrogen) atoms. The Labute approximate surface area is 184 Å². The zero-order valence-corrected chi connectivity index (χ0v) is 17.9. The van der Waals surface area contributed by atoms with E-state index in [9.17, 15) is 14.4 Å². The van der Waals surface area contributed by atoms with Gasteiger partial charge in [-0.2, -0.15) is 0 Å². The van der Waals surface area contributed by atoms with Gasteiger partial charge < -0.3 is 0 Å². The Bertz CT molecular complexity index is 929. The molecule has 2 fully saturated rings. The normalized spacial score (nSPS) is 36.6. The average molecular weight is 488 g/mol. The number of halogens is 6. The number of carbonyl (C=O) groups is 3. The molecule has 10 heteroatoms. The number of imide groups is 1. The highest BCUT2D eigenvalue weighted by Gasteiger charge is 2.87. The third-order valence-corrected chi connectivity index (χ3v) is 9.68. The highest BCUT2D eigenvalue weighted by atomic mass is 35.5. The quantitative estimate of drug-likeness (QED) is 0.341. The molecule has 2 bridgehead atoms. The summed E-state index contributed by atoms with van der Waals surface area (Å²) in [6.45, 7) is 1.38. The van der Waals surface area contributed by atoms with Crippen molar-refractivity contribution in [1.82, 2.24) is 0 Å². The summed E-state index contributed by atoms with van der Waals surface area (Å²) >= 11 is 38.6. The van der Waals surface area contributed by atoms with Crippen LogP contribution in [0.2, 0.25) is 0 Å².